The van der Waals surface area contributed by atoms with Crippen LogP contribution >= 0.6 is 23.1 Å². The number of hydrogen-bond donors (Lipinski definition) is 1. The number of nitrogens with one attached hydrogen (secondary N) is 1. The Labute approximate surface area is 115 Å². The van der Waals surface area contributed by atoms with Crippen molar-refractivity contribution in [3.8, 4) is 0 Å². The summed E-state index contributed by atoms with van der Waals surface area (Å²) in [6, 6.07) is 0. The molecule has 0 fully saturated rings. The number of nitrogens with zero attached hydrogens (tertiary/aromatic N) is 2. The van der Waals surface area contributed by atoms with Gasteiger partial charge in [0.05, 0.1) is 11.1 Å². The third-order valence-corrected chi connectivity index (χ3v) is 5.34. The summed E-state index contributed by atoms with van der Waals surface area (Å²) >= 11 is 3.73. The Kier molecular flexibility index (Phi) is 3.43. The van der Waals surface area contributed by atoms with Gasteiger partial charge in [-0.3, -0.25) is 0 Å². The Morgan fingerprint density at radius 3 is 3.00 bits per heavy atom. The molecular weight excluding hydrogens is 262 g/mol. The van der Waals surface area contributed by atoms with Gasteiger partial charge < -0.3 is 5.32 Å². The first-order chi connectivity index (χ1) is 8.83. The quantitative estimate of drug-likeness (QED) is 0.930. The number of rotatable bonds is 4. The van der Waals surface area contributed by atoms with Crippen molar-refractivity contribution in [1.82, 2.24) is 9.97 Å². The molecule has 0 aromatic carbocycles. The summed E-state index contributed by atoms with van der Waals surface area (Å²) in [4.78, 5) is 12.1. The second-order valence-corrected chi connectivity index (χ2v) is 6.77. The number of thioether (sulfide) groups is 1. The zero-order valence-electron chi connectivity index (χ0n) is 10.7. The van der Waals surface area contributed by atoms with E-state index in [2.05, 4.69) is 17.2 Å². The minimum atomic E-state index is 0.906. The number of anilines is 1. The Hall–Kier alpha value is -0.810. The van der Waals surface area contributed by atoms with Crippen molar-refractivity contribution >= 4 is 39.1 Å². The lowest BCUT2D eigenvalue weighted by atomic mass is 10.2. The van der Waals surface area contributed by atoms with E-state index < -0.39 is 0 Å². The Morgan fingerprint density at radius 2 is 2.22 bits per heavy atom. The normalized spacial score (nSPS) is 14.1. The van der Waals surface area contributed by atoms with Crippen LogP contribution in [0.15, 0.2) is 0 Å². The maximum atomic E-state index is 4.73. The smallest absolute Gasteiger partial charge is 0.142 e. The minimum absolute atomic E-state index is 0.906. The number of hydrogen-bond acceptors (Lipinski definition) is 5. The van der Waals surface area contributed by atoms with Crippen LogP contribution in [-0.4, -0.2) is 22.8 Å². The van der Waals surface area contributed by atoms with Crippen molar-refractivity contribution in [2.75, 3.05) is 18.1 Å². The molecule has 1 N–H and O–H groups in total. The van der Waals surface area contributed by atoms with E-state index in [0.29, 0.717) is 0 Å². The highest BCUT2D eigenvalue weighted by atomic mass is 32.2. The largest absolute Gasteiger partial charge is 0.372 e. The predicted octanol–water partition coefficient (Wildman–Crippen LogP) is 3.47. The summed E-state index contributed by atoms with van der Waals surface area (Å²) < 4.78 is 0. The number of fused-ring (bicyclic) bond motifs is 3. The summed E-state index contributed by atoms with van der Waals surface area (Å²) in [6.45, 7) is 2.17. The van der Waals surface area contributed by atoms with E-state index in [0.717, 1.165) is 23.1 Å². The summed E-state index contributed by atoms with van der Waals surface area (Å²) in [5, 5.41) is 4.53. The summed E-state index contributed by atoms with van der Waals surface area (Å²) in [5.74, 6) is 3.99. The lowest BCUT2D eigenvalue weighted by Crippen LogP contribution is -2.00. The van der Waals surface area contributed by atoms with Gasteiger partial charge in [0.1, 0.15) is 16.5 Å². The second kappa shape index (κ2) is 5.05. The van der Waals surface area contributed by atoms with Gasteiger partial charge in [0.25, 0.3) is 0 Å². The van der Waals surface area contributed by atoms with Gasteiger partial charge in [-0.25, -0.2) is 9.97 Å². The molecule has 3 nitrogen and oxygen atoms in total. The van der Waals surface area contributed by atoms with Crippen LogP contribution in [0, 0.1) is 0 Å². The standard InChI is InChI=1S/C13H17N3S2/c1-3-17-7-10-15-12(14-2)11-8-5-4-6-9(8)18-13(11)16-10/h3-7H2,1-2H3,(H,14,15,16). The van der Waals surface area contributed by atoms with E-state index >= 15 is 0 Å². The highest BCUT2D eigenvalue weighted by Crippen LogP contribution is 2.39. The van der Waals surface area contributed by atoms with Gasteiger partial charge in [0.2, 0.25) is 0 Å². The first kappa shape index (κ1) is 12.2. The maximum Gasteiger partial charge on any atom is 0.142 e. The molecule has 3 rings (SSSR count). The first-order valence-corrected chi connectivity index (χ1v) is 8.37. The third-order valence-electron chi connectivity index (χ3n) is 3.28. The molecule has 0 saturated heterocycles. The van der Waals surface area contributed by atoms with Crippen molar-refractivity contribution < 1.29 is 0 Å². The third kappa shape index (κ3) is 1.99. The highest BCUT2D eigenvalue weighted by Gasteiger charge is 2.21. The van der Waals surface area contributed by atoms with Crippen LogP contribution in [0.1, 0.15) is 29.6 Å². The summed E-state index contributed by atoms with van der Waals surface area (Å²) in [6.07, 6.45) is 3.70. The van der Waals surface area contributed by atoms with Crippen molar-refractivity contribution in [3.05, 3.63) is 16.3 Å². The van der Waals surface area contributed by atoms with Crippen LogP contribution < -0.4 is 5.32 Å². The molecule has 2 heterocycles. The number of aromatic nitrogens is 2. The Morgan fingerprint density at radius 1 is 1.33 bits per heavy atom. The van der Waals surface area contributed by atoms with Crippen LogP contribution in [0.25, 0.3) is 10.2 Å². The van der Waals surface area contributed by atoms with E-state index in [4.69, 9.17) is 4.98 Å². The van der Waals surface area contributed by atoms with Gasteiger partial charge in [-0.2, -0.15) is 11.8 Å². The molecule has 96 valence electrons. The van der Waals surface area contributed by atoms with Crippen LogP contribution in [0.2, 0.25) is 0 Å². The molecule has 1 aliphatic rings. The molecule has 2 aromatic rings. The lowest BCUT2D eigenvalue weighted by Gasteiger charge is -2.06. The summed E-state index contributed by atoms with van der Waals surface area (Å²) in [5.41, 5.74) is 1.49. The average Bonchev–Trinajstić information content (AvgIpc) is 2.95. The van der Waals surface area contributed by atoms with E-state index in [1.54, 1.807) is 0 Å². The van der Waals surface area contributed by atoms with Crippen LogP contribution in [-0.2, 0) is 18.6 Å². The maximum absolute atomic E-state index is 4.73. The van der Waals surface area contributed by atoms with Crippen LogP contribution in [0.5, 0.6) is 0 Å². The average molecular weight is 279 g/mol. The molecule has 18 heavy (non-hydrogen) atoms. The van der Waals surface area contributed by atoms with Gasteiger partial charge in [-0.1, -0.05) is 6.92 Å². The number of thiophene rings is 1. The topological polar surface area (TPSA) is 37.8 Å². The summed E-state index contributed by atoms with van der Waals surface area (Å²) in [7, 11) is 1.96. The van der Waals surface area contributed by atoms with Crippen LogP contribution in [0.3, 0.4) is 0 Å². The molecule has 1 aliphatic carbocycles. The van der Waals surface area contributed by atoms with E-state index in [-0.39, 0.29) is 0 Å². The van der Waals surface area contributed by atoms with Gasteiger partial charge in [-0.05, 0) is 30.6 Å². The Balaban J connectivity index is 2.11. The van der Waals surface area contributed by atoms with Crippen molar-refractivity contribution in [2.45, 2.75) is 31.9 Å². The highest BCUT2D eigenvalue weighted by molar-refractivity contribution is 7.98. The molecule has 0 atom stereocenters. The second-order valence-electron chi connectivity index (χ2n) is 4.41. The Bertz CT molecular complexity index is 577. The SMILES string of the molecule is CCSCc1nc(NC)c2c3c(sc2n1)CCC3. The van der Waals surface area contributed by atoms with E-state index in [1.165, 1.54) is 39.9 Å². The fourth-order valence-corrected chi connectivity index (χ4v) is 4.27. The molecule has 0 saturated carbocycles. The molecule has 0 spiro atoms. The van der Waals surface area contributed by atoms with Crippen LogP contribution in [0.4, 0.5) is 5.82 Å². The predicted molar refractivity (Wildman–Crippen MR) is 80.8 cm³/mol. The van der Waals surface area contributed by atoms with E-state index in [1.807, 2.05) is 30.1 Å². The fourth-order valence-electron chi connectivity index (χ4n) is 2.48. The van der Waals surface area contributed by atoms with Gasteiger partial charge in [0, 0.05) is 11.9 Å². The van der Waals surface area contributed by atoms with Crippen molar-refractivity contribution in [3.63, 3.8) is 0 Å². The minimum Gasteiger partial charge on any atom is -0.372 e. The zero-order valence-corrected chi connectivity index (χ0v) is 12.4. The van der Waals surface area contributed by atoms with Crippen molar-refractivity contribution in [2.24, 2.45) is 0 Å². The van der Waals surface area contributed by atoms with Crippen molar-refractivity contribution in [1.29, 1.82) is 0 Å². The number of aryl methyl sites for hydroxylation is 2. The van der Waals surface area contributed by atoms with Gasteiger partial charge in [-0.15, -0.1) is 11.3 Å². The van der Waals surface area contributed by atoms with E-state index in [9.17, 15) is 0 Å². The molecule has 5 heteroatoms. The zero-order chi connectivity index (χ0) is 12.5. The molecule has 0 unspecified atom stereocenters. The monoisotopic (exact) mass is 279 g/mol. The molecule has 2 aromatic heterocycles. The fraction of sp³-hybridized carbons (Fsp3) is 0.538. The molecular formula is C13H17N3S2. The van der Waals surface area contributed by atoms with Gasteiger partial charge >= 0.3 is 0 Å². The molecule has 0 radical (unpaired) electrons. The first-order valence-electron chi connectivity index (χ1n) is 6.40. The molecule has 0 bridgehead atoms. The van der Waals surface area contributed by atoms with Gasteiger partial charge in [0.15, 0.2) is 0 Å². The lowest BCUT2D eigenvalue weighted by molar-refractivity contribution is 0.916. The molecule has 0 amide bonds. The molecule has 0 aliphatic heterocycles.